The van der Waals surface area contributed by atoms with E-state index in [0.717, 1.165) is 34.1 Å². The van der Waals surface area contributed by atoms with Crippen LogP contribution in [0, 0.1) is 5.82 Å². The highest BCUT2D eigenvalue weighted by molar-refractivity contribution is 5.87. The molecule has 0 saturated carbocycles. The lowest BCUT2D eigenvalue weighted by Crippen LogP contribution is -2.39. The van der Waals surface area contributed by atoms with Gasteiger partial charge in [-0.05, 0) is 55.0 Å². The van der Waals surface area contributed by atoms with Gasteiger partial charge in [0.1, 0.15) is 12.4 Å². The lowest BCUT2D eigenvalue weighted by atomic mass is 9.91. The maximum absolute atomic E-state index is 13.9. The molecular formula is C23H23FN2O3. The Morgan fingerprint density at radius 3 is 2.72 bits per heavy atom. The fraction of sp³-hybridized carbons (Fsp3) is 0.304. The number of carbonyl (C=O) groups excluding carboxylic acids is 1. The Labute approximate surface area is 168 Å². The zero-order valence-electron chi connectivity index (χ0n) is 16.0. The van der Waals surface area contributed by atoms with E-state index in [1.165, 1.54) is 12.1 Å². The van der Waals surface area contributed by atoms with Gasteiger partial charge in [-0.1, -0.05) is 30.3 Å². The standard InChI is InChI=1S/C23H23FN2O3/c24-16-7-9-20-18(12-16)19-13-17(8-10-21(19)26(20)14-23(28)29)25-22(27)11-6-15-4-2-1-3-5-15/h1-5,7,9,12,17H,6,8,10-11,13-14H2,(H,25,27)(H,28,29)/t17-/m1/s1. The van der Waals surface area contributed by atoms with Gasteiger partial charge in [-0.2, -0.15) is 0 Å². The summed E-state index contributed by atoms with van der Waals surface area (Å²) in [6.45, 7) is -0.147. The van der Waals surface area contributed by atoms with Crippen LogP contribution in [0.2, 0.25) is 0 Å². The Kier molecular flexibility index (Phi) is 5.34. The van der Waals surface area contributed by atoms with E-state index in [0.29, 0.717) is 25.7 Å². The number of aryl methyl sites for hydroxylation is 1. The van der Waals surface area contributed by atoms with Crippen LogP contribution in [-0.4, -0.2) is 27.6 Å². The highest BCUT2D eigenvalue weighted by Gasteiger charge is 2.27. The van der Waals surface area contributed by atoms with Gasteiger partial charge >= 0.3 is 5.97 Å². The number of carboxylic acids is 1. The van der Waals surface area contributed by atoms with Gasteiger partial charge in [-0.15, -0.1) is 0 Å². The Morgan fingerprint density at radius 2 is 1.97 bits per heavy atom. The minimum absolute atomic E-state index is 0.00255. The van der Waals surface area contributed by atoms with Crippen LogP contribution in [0.4, 0.5) is 4.39 Å². The Morgan fingerprint density at radius 1 is 1.17 bits per heavy atom. The molecule has 0 spiro atoms. The van der Waals surface area contributed by atoms with Crippen LogP contribution < -0.4 is 5.32 Å². The van der Waals surface area contributed by atoms with Crippen molar-refractivity contribution in [3.8, 4) is 0 Å². The number of amides is 1. The van der Waals surface area contributed by atoms with Gasteiger partial charge in [0.15, 0.2) is 0 Å². The van der Waals surface area contributed by atoms with Crippen molar-refractivity contribution in [1.29, 1.82) is 0 Å². The first-order valence-corrected chi connectivity index (χ1v) is 9.86. The van der Waals surface area contributed by atoms with Gasteiger partial charge in [0.05, 0.1) is 0 Å². The molecule has 0 aliphatic heterocycles. The van der Waals surface area contributed by atoms with Crippen LogP contribution in [-0.2, 0) is 35.4 Å². The first kappa shape index (κ1) is 19.2. The summed E-state index contributed by atoms with van der Waals surface area (Å²) in [6.07, 6.45) is 3.08. The minimum Gasteiger partial charge on any atom is -0.480 e. The number of benzene rings is 2. The second-order valence-electron chi connectivity index (χ2n) is 7.56. The summed E-state index contributed by atoms with van der Waals surface area (Å²) < 4.78 is 15.6. The number of nitrogens with zero attached hydrogens (tertiary/aromatic N) is 1. The fourth-order valence-electron chi connectivity index (χ4n) is 4.26. The van der Waals surface area contributed by atoms with Crippen molar-refractivity contribution in [2.45, 2.75) is 44.7 Å². The van der Waals surface area contributed by atoms with Crippen molar-refractivity contribution in [2.75, 3.05) is 0 Å². The van der Waals surface area contributed by atoms with Gasteiger partial charge in [-0.3, -0.25) is 9.59 Å². The molecule has 0 fully saturated rings. The van der Waals surface area contributed by atoms with Crippen LogP contribution in [0.3, 0.4) is 0 Å². The van der Waals surface area contributed by atoms with Crippen molar-refractivity contribution in [3.63, 3.8) is 0 Å². The quantitative estimate of drug-likeness (QED) is 0.673. The molecule has 4 rings (SSSR count). The van der Waals surface area contributed by atoms with Crippen LogP contribution in [0.15, 0.2) is 48.5 Å². The second-order valence-corrected chi connectivity index (χ2v) is 7.56. The Hall–Kier alpha value is -3.15. The second kappa shape index (κ2) is 8.07. The van der Waals surface area contributed by atoms with E-state index < -0.39 is 5.97 Å². The van der Waals surface area contributed by atoms with E-state index in [9.17, 15) is 19.1 Å². The first-order chi connectivity index (χ1) is 14.0. The van der Waals surface area contributed by atoms with Gasteiger partial charge in [-0.25, -0.2) is 4.39 Å². The van der Waals surface area contributed by atoms with Crippen molar-refractivity contribution >= 4 is 22.8 Å². The first-order valence-electron chi connectivity index (χ1n) is 9.86. The number of nitrogens with one attached hydrogen (secondary N) is 1. The Bertz CT molecular complexity index is 1060. The molecule has 2 aromatic carbocycles. The molecule has 1 atom stereocenters. The van der Waals surface area contributed by atoms with E-state index in [1.54, 1.807) is 10.6 Å². The largest absolute Gasteiger partial charge is 0.480 e. The highest BCUT2D eigenvalue weighted by Crippen LogP contribution is 2.33. The average molecular weight is 394 g/mol. The number of rotatable bonds is 6. The maximum Gasteiger partial charge on any atom is 0.323 e. The lowest BCUT2D eigenvalue weighted by Gasteiger charge is -2.25. The number of fused-ring (bicyclic) bond motifs is 3. The molecule has 5 nitrogen and oxygen atoms in total. The SMILES string of the molecule is O=C(O)Cn1c2c(c3cc(F)ccc31)C[C@H](NC(=O)CCc1ccccc1)CC2. The number of aliphatic carboxylic acids is 1. The predicted molar refractivity (Wildman–Crippen MR) is 108 cm³/mol. The van der Waals surface area contributed by atoms with Crippen LogP contribution >= 0.6 is 0 Å². The molecule has 1 amide bonds. The summed E-state index contributed by atoms with van der Waals surface area (Å²) in [6, 6.07) is 14.3. The van der Waals surface area contributed by atoms with Gasteiger partial charge in [0.2, 0.25) is 5.91 Å². The Balaban J connectivity index is 1.50. The smallest absolute Gasteiger partial charge is 0.323 e. The number of carbonyl (C=O) groups is 2. The molecule has 150 valence electrons. The fourth-order valence-corrected chi connectivity index (χ4v) is 4.26. The third-order valence-corrected chi connectivity index (χ3v) is 5.57. The van der Waals surface area contributed by atoms with E-state index in [2.05, 4.69) is 5.32 Å². The number of carboxylic acid groups (broad SMARTS) is 1. The summed E-state index contributed by atoms with van der Waals surface area (Å²) in [7, 11) is 0. The van der Waals surface area contributed by atoms with Crippen molar-refractivity contribution in [1.82, 2.24) is 9.88 Å². The summed E-state index contributed by atoms with van der Waals surface area (Å²) in [5.41, 5.74) is 3.73. The summed E-state index contributed by atoms with van der Waals surface area (Å²) in [5.74, 6) is -1.27. The molecule has 1 heterocycles. The molecule has 1 aliphatic carbocycles. The average Bonchev–Trinajstić information content (AvgIpc) is 2.99. The third-order valence-electron chi connectivity index (χ3n) is 5.57. The maximum atomic E-state index is 13.9. The topological polar surface area (TPSA) is 71.3 Å². The normalized spacial score (nSPS) is 15.8. The van der Waals surface area contributed by atoms with E-state index in [4.69, 9.17) is 0 Å². The molecule has 0 radical (unpaired) electrons. The summed E-state index contributed by atoms with van der Waals surface area (Å²) in [4.78, 5) is 23.7. The molecule has 2 N–H and O–H groups in total. The third kappa shape index (κ3) is 4.16. The van der Waals surface area contributed by atoms with Crippen molar-refractivity contribution in [2.24, 2.45) is 0 Å². The molecule has 1 aromatic heterocycles. The number of halogens is 1. The van der Waals surface area contributed by atoms with Crippen molar-refractivity contribution in [3.05, 3.63) is 71.2 Å². The molecule has 29 heavy (non-hydrogen) atoms. The monoisotopic (exact) mass is 394 g/mol. The zero-order valence-corrected chi connectivity index (χ0v) is 16.0. The van der Waals surface area contributed by atoms with Crippen LogP contribution in [0.5, 0.6) is 0 Å². The predicted octanol–water partition coefficient (Wildman–Crippen LogP) is 3.47. The summed E-state index contributed by atoms with van der Waals surface area (Å²) in [5, 5.41) is 13.1. The number of hydrogen-bond donors (Lipinski definition) is 2. The van der Waals surface area contributed by atoms with Crippen LogP contribution in [0.25, 0.3) is 10.9 Å². The van der Waals surface area contributed by atoms with E-state index in [-0.39, 0.29) is 24.3 Å². The van der Waals surface area contributed by atoms with Crippen molar-refractivity contribution < 1.29 is 19.1 Å². The number of hydrogen-bond acceptors (Lipinski definition) is 2. The molecule has 3 aromatic rings. The van der Waals surface area contributed by atoms with E-state index in [1.807, 2.05) is 30.3 Å². The molecule has 1 aliphatic rings. The van der Waals surface area contributed by atoms with Gasteiger partial charge < -0.3 is 15.0 Å². The highest BCUT2D eigenvalue weighted by atomic mass is 19.1. The summed E-state index contributed by atoms with van der Waals surface area (Å²) >= 11 is 0. The zero-order chi connectivity index (χ0) is 20.4. The van der Waals surface area contributed by atoms with E-state index >= 15 is 0 Å². The van der Waals surface area contributed by atoms with Gasteiger partial charge in [0, 0.05) is 29.1 Å². The van der Waals surface area contributed by atoms with Gasteiger partial charge in [0.25, 0.3) is 0 Å². The van der Waals surface area contributed by atoms with Crippen LogP contribution in [0.1, 0.15) is 29.7 Å². The molecule has 0 saturated heterocycles. The number of aromatic nitrogens is 1. The molecule has 6 heteroatoms. The minimum atomic E-state index is -0.926. The lowest BCUT2D eigenvalue weighted by molar-refractivity contribution is -0.137. The molecule has 0 bridgehead atoms. The molecular weight excluding hydrogens is 371 g/mol. The molecule has 0 unspecified atom stereocenters.